The molecule has 0 bridgehead atoms. The Labute approximate surface area is 169 Å². The summed E-state index contributed by atoms with van der Waals surface area (Å²) in [4.78, 5) is 20.3. The number of benzene rings is 2. The lowest BCUT2D eigenvalue weighted by Crippen LogP contribution is -2.43. The number of hydrazine groups is 1. The summed E-state index contributed by atoms with van der Waals surface area (Å²) >= 11 is 0. The number of amides is 1. The average Bonchev–Trinajstić information content (AvgIpc) is 3.40. The van der Waals surface area contributed by atoms with Crippen LogP contribution in [0, 0.1) is 0 Å². The van der Waals surface area contributed by atoms with E-state index < -0.39 is 0 Å². The van der Waals surface area contributed by atoms with Crippen molar-refractivity contribution in [2.24, 2.45) is 0 Å². The van der Waals surface area contributed by atoms with Crippen molar-refractivity contribution >= 4 is 16.9 Å². The van der Waals surface area contributed by atoms with E-state index in [1.54, 1.807) is 14.2 Å². The van der Waals surface area contributed by atoms with E-state index in [9.17, 15) is 4.79 Å². The molecule has 1 aliphatic rings. The van der Waals surface area contributed by atoms with Gasteiger partial charge >= 0.3 is 0 Å². The van der Waals surface area contributed by atoms with E-state index in [-0.39, 0.29) is 18.0 Å². The zero-order valence-electron chi connectivity index (χ0n) is 16.5. The lowest BCUT2D eigenvalue weighted by molar-refractivity contribution is -0.122. The first-order chi connectivity index (χ1) is 14.2. The predicted molar refractivity (Wildman–Crippen MR) is 110 cm³/mol. The summed E-state index contributed by atoms with van der Waals surface area (Å²) < 4.78 is 10.6. The van der Waals surface area contributed by atoms with Crippen LogP contribution < -0.4 is 25.6 Å². The number of aromatic nitrogens is 2. The Hall–Kier alpha value is -3.10. The molecule has 152 valence electrons. The summed E-state index contributed by atoms with van der Waals surface area (Å²) in [6.07, 6.45) is 1.30. The Kier molecular flexibility index (Phi) is 5.64. The topological polar surface area (TPSA) is 100 Å². The quantitative estimate of drug-likeness (QED) is 0.487. The number of rotatable bonds is 7. The first-order valence-corrected chi connectivity index (χ1v) is 9.62. The van der Waals surface area contributed by atoms with Crippen molar-refractivity contribution in [1.82, 2.24) is 26.1 Å². The molecule has 1 aromatic heterocycles. The van der Waals surface area contributed by atoms with Crippen molar-refractivity contribution in [2.45, 2.75) is 24.9 Å². The first kappa shape index (κ1) is 19.2. The second kappa shape index (κ2) is 8.50. The standard InChI is InChI=1S/C21H25N5O3/c1-28-18-8-7-13(11-19(18)29-2)16-12-17(26-25-16)21(27)22-10-9-20-23-14-5-3-4-6-15(14)24-20/h3-8,11,16-17,25-26H,9-10,12H2,1-2H3,(H,22,27)(H,23,24). The number of ether oxygens (including phenoxy) is 2. The number of para-hydroxylation sites is 2. The molecule has 0 aliphatic carbocycles. The maximum atomic E-state index is 12.5. The van der Waals surface area contributed by atoms with Gasteiger partial charge in [-0.25, -0.2) is 15.8 Å². The van der Waals surface area contributed by atoms with Crippen molar-refractivity contribution in [1.29, 1.82) is 0 Å². The second-order valence-corrected chi connectivity index (χ2v) is 6.99. The molecule has 2 aromatic carbocycles. The SMILES string of the molecule is COc1ccc(C2CC(C(=O)NCCc3nc4ccccc4[nH]3)NN2)cc1OC. The Morgan fingerprint density at radius 1 is 1.14 bits per heavy atom. The van der Waals surface area contributed by atoms with Crippen LogP contribution in [-0.2, 0) is 11.2 Å². The number of hydrogen-bond acceptors (Lipinski definition) is 6. The molecule has 1 saturated heterocycles. The molecule has 2 heterocycles. The highest BCUT2D eigenvalue weighted by Crippen LogP contribution is 2.32. The van der Waals surface area contributed by atoms with Gasteiger partial charge in [0, 0.05) is 19.0 Å². The monoisotopic (exact) mass is 395 g/mol. The number of imidazole rings is 1. The van der Waals surface area contributed by atoms with Crippen LogP contribution in [0.25, 0.3) is 11.0 Å². The summed E-state index contributed by atoms with van der Waals surface area (Å²) in [5, 5.41) is 2.98. The molecule has 8 nitrogen and oxygen atoms in total. The van der Waals surface area contributed by atoms with Gasteiger partial charge in [-0.05, 0) is 36.2 Å². The third kappa shape index (κ3) is 4.18. The minimum Gasteiger partial charge on any atom is -0.493 e. The zero-order valence-corrected chi connectivity index (χ0v) is 16.5. The minimum atomic E-state index is -0.302. The van der Waals surface area contributed by atoms with Gasteiger partial charge in [-0.2, -0.15) is 0 Å². The molecule has 3 aromatic rings. The summed E-state index contributed by atoms with van der Waals surface area (Å²) in [5.74, 6) is 2.19. The number of methoxy groups -OCH3 is 2. The van der Waals surface area contributed by atoms with Crippen LogP contribution in [0.4, 0.5) is 0 Å². The molecule has 1 aliphatic heterocycles. The maximum Gasteiger partial charge on any atom is 0.238 e. The zero-order chi connectivity index (χ0) is 20.2. The van der Waals surface area contributed by atoms with Gasteiger partial charge in [0.2, 0.25) is 5.91 Å². The molecule has 0 spiro atoms. The largest absolute Gasteiger partial charge is 0.493 e. The average molecular weight is 395 g/mol. The lowest BCUT2D eigenvalue weighted by atomic mass is 10.0. The van der Waals surface area contributed by atoms with Crippen LogP contribution in [0.5, 0.6) is 11.5 Å². The van der Waals surface area contributed by atoms with E-state index >= 15 is 0 Å². The van der Waals surface area contributed by atoms with Gasteiger partial charge in [0.05, 0.1) is 25.3 Å². The van der Waals surface area contributed by atoms with Crippen molar-refractivity contribution < 1.29 is 14.3 Å². The smallest absolute Gasteiger partial charge is 0.238 e. The number of carbonyl (C=O) groups excluding carboxylic acids is 1. The van der Waals surface area contributed by atoms with E-state index in [4.69, 9.17) is 9.47 Å². The summed E-state index contributed by atoms with van der Waals surface area (Å²) in [6, 6.07) is 13.4. The summed E-state index contributed by atoms with van der Waals surface area (Å²) in [5.41, 5.74) is 9.26. The molecule has 2 unspecified atom stereocenters. The highest BCUT2D eigenvalue weighted by atomic mass is 16.5. The number of hydrogen-bond donors (Lipinski definition) is 4. The number of aromatic amines is 1. The van der Waals surface area contributed by atoms with E-state index in [2.05, 4.69) is 26.1 Å². The third-order valence-corrected chi connectivity index (χ3v) is 5.13. The van der Waals surface area contributed by atoms with Crippen molar-refractivity contribution in [3.8, 4) is 11.5 Å². The Bertz CT molecular complexity index is 970. The number of nitrogens with zero attached hydrogens (tertiary/aromatic N) is 1. The lowest BCUT2D eigenvalue weighted by Gasteiger charge is -2.13. The number of nitrogens with one attached hydrogen (secondary N) is 4. The van der Waals surface area contributed by atoms with Gasteiger partial charge < -0.3 is 19.8 Å². The molecule has 1 amide bonds. The molecule has 4 N–H and O–H groups in total. The molecule has 2 atom stereocenters. The fraction of sp³-hybridized carbons (Fsp3) is 0.333. The molecule has 0 radical (unpaired) electrons. The number of carbonyl (C=O) groups is 1. The van der Waals surface area contributed by atoms with E-state index in [0.717, 1.165) is 22.4 Å². The van der Waals surface area contributed by atoms with Crippen LogP contribution in [0.3, 0.4) is 0 Å². The van der Waals surface area contributed by atoms with Crippen molar-refractivity contribution in [3.63, 3.8) is 0 Å². The van der Waals surface area contributed by atoms with E-state index in [0.29, 0.717) is 30.9 Å². The Morgan fingerprint density at radius 2 is 1.97 bits per heavy atom. The predicted octanol–water partition coefficient (Wildman–Crippen LogP) is 1.85. The Morgan fingerprint density at radius 3 is 2.76 bits per heavy atom. The van der Waals surface area contributed by atoms with Gasteiger partial charge in [-0.15, -0.1) is 0 Å². The van der Waals surface area contributed by atoms with Gasteiger partial charge in [-0.3, -0.25) is 4.79 Å². The van der Waals surface area contributed by atoms with Gasteiger partial charge in [0.1, 0.15) is 11.9 Å². The first-order valence-electron chi connectivity index (χ1n) is 9.62. The molecule has 0 saturated carbocycles. The normalized spacial score (nSPS) is 18.7. The van der Waals surface area contributed by atoms with Crippen molar-refractivity contribution in [3.05, 3.63) is 53.9 Å². The van der Waals surface area contributed by atoms with Gasteiger partial charge in [0.25, 0.3) is 0 Å². The van der Waals surface area contributed by atoms with Crippen LogP contribution in [0.1, 0.15) is 23.9 Å². The second-order valence-electron chi connectivity index (χ2n) is 6.99. The van der Waals surface area contributed by atoms with Crippen LogP contribution in [0.15, 0.2) is 42.5 Å². The molecule has 1 fully saturated rings. The maximum absolute atomic E-state index is 12.5. The fourth-order valence-electron chi connectivity index (χ4n) is 3.57. The van der Waals surface area contributed by atoms with Crippen LogP contribution >= 0.6 is 0 Å². The Balaban J connectivity index is 1.30. The third-order valence-electron chi connectivity index (χ3n) is 5.13. The fourth-order valence-corrected chi connectivity index (χ4v) is 3.57. The summed E-state index contributed by atoms with van der Waals surface area (Å²) in [7, 11) is 3.22. The molecular weight excluding hydrogens is 370 g/mol. The minimum absolute atomic E-state index is 0.0147. The molecule has 29 heavy (non-hydrogen) atoms. The van der Waals surface area contributed by atoms with E-state index in [1.165, 1.54) is 0 Å². The molecule has 4 rings (SSSR count). The van der Waals surface area contributed by atoms with Crippen LogP contribution in [-0.4, -0.2) is 42.7 Å². The number of fused-ring (bicyclic) bond motifs is 1. The highest BCUT2D eigenvalue weighted by Gasteiger charge is 2.30. The summed E-state index contributed by atoms with van der Waals surface area (Å²) in [6.45, 7) is 0.526. The van der Waals surface area contributed by atoms with Crippen LogP contribution in [0.2, 0.25) is 0 Å². The highest BCUT2D eigenvalue weighted by molar-refractivity contribution is 5.82. The van der Waals surface area contributed by atoms with E-state index in [1.807, 2.05) is 42.5 Å². The number of H-pyrrole nitrogens is 1. The molecular formula is C21H25N5O3. The molecule has 8 heteroatoms. The van der Waals surface area contributed by atoms with Gasteiger partial charge in [-0.1, -0.05) is 18.2 Å². The van der Waals surface area contributed by atoms with Gasteiger partial charge in [0.15, 0.2) is 11.5 Å². The van der Waals surface area contributed by atoms with Crippen molar-refractivity contribution in [2.75, 3.05) is 20.8 Å².